The van der Waals surface area contributed by atoms with Crippen molar-refractivity contribution in [3.8, 4) is 5.75 Å². The van der Waals surface area contributed by atoms with E-state index in [0.29, 0.717) is 23.8 Å². The molecular formula is C17H21FO4. The monoisotopic (exact) mass is 308 g/mol. The predicted octanol–water partition coefficient (Wildman–Crippen LogP) is 4.12. The average Bonchev–Trinajstić information content (AvgIpc) is 2.54. The molecule has 0 amide bonds. The second kappa shape index (κ2) is 9.00. The number of carbonyl (C=O) groups is 1. The van der Waals surface area contributed by atoms with E-state index in [1.165, 1.54) is 6.07 Å². The molecule has 0 bridgehead atoms. The highest BCUT2D eigenvalue weighted by Gasteiger charge is 2.19. The second-order valence-electron chi connectivity index (χ2n) is 4.29. The fraction of sp³-hybridized carbons (Fsp3) is 0.353. The Kier molecular flexibility index (Phi) is 7.32. The molecule has 0 aromatic heterocycles. The number of benzene rings is 2. The van der Waals surface area contributed by atoms with Crippen LogP contribution < -0.4 is 4.74 Å². The van der Waals surface area contributed by atoms with Gasteiger partial charge in [0.2, 0.25) is 0 Å². The summed E-state index contributed by atoms with van der Waals surface area (Å²) in [5.74, 6) is -2.17. The third-order valence-corrected chi connectivity index (χ3v) is 2.91. The lowest BCUT2D eigenvalue weighted by molar-refractivity contribution is 0.0691. The summed E-state index contributed by atoms with van der Waals surface area (Å²) in [5, 5.41) is 10.2. The Bertz CT molecular complexity index is 625. The first kappa shape index (κ1) is 17.9. The summed E-state index contributed by atoms with van der Waals surface area (Å²) in [4.78, 5) is 11.1. The standard InChI is InChI=1S/C15H15FO4.C2H6/c1-19-7-4-8-20-14-11-6-3-2-5-10(11)9-12(13(14)16)15(17)18;1-2/h2-3,5-6,9H,4,7-8H2,1H3,(H,17,18);1-2H3. The quantitative estimate of drug-likeness (QED) is 0.816. The molecule has 0 aliphatic carbocycles. The maximum absolute atomic E-state index is 14.2. The number of hydrogen-bond donors (Lipinski definition) is 1. The van der Waals surface area contributed by atoms with Crippen LogP contribution in [0.3, 0.4) is 0 Å². The van der Waals surface area contributed by atoms with Crippen LogP contribution in [0.2, 0.25) is 0 Å². The number of methoxy groups -OCH3 is 1. The number of fused-ring (bicyclic) bond motifs is 1. The second-order valence-corrected chi connectivity index (χ2v) is 4.29. The molecule has 5 heteroatoms. The van der Waals surface area contributed by atoms with Gasteiger partial charge in [-0.15, -0.1) is 0 Å². The van der Waals surface area contributed by atoms with Gasteiger partial charge in [0.05, 0.1) is 12.2 Å². The van der Waals surface area contributed by atoms with Gasteiger partial charge < -0.3 is 14.6 Å². The molecule has 0 aliphatic heterocycles. The highest BCUT2D eigenvalue weighted by atomic mass is 19.1. The SMILES string of the molecule is CC.COCCCOc1c(F)c(C(=O)O)cc2ccccc12. The summed E-state index contributed by atoms with van der Waals surface area (Å²) in [5.41, 5.74) is -0.384. The fourth-order valence-corrected chi connectivity index (χ4v) is 1.96. The van der Waals surface area contributed by atoms with Gasteiger partial charge in [-0.2, -0.15) is 0 Å². The number of aromatic carboxylic acids is 1. The molecule has 0 heterocycles. The van der Waals surface area contributed by atoms with Crippen molar-refractivity contribution in [1.29, 1.82) is 0 Å². The van der Waals surface area contributed by atoms with Gasteiger partial charge in [0.15, 0.2) is 11.6 Å². The molecule has 0 radical (unpaired) electrons. The number of rotatable bonds is 6. The van der Waals surface area contributed by atoms with Gasteiger partial charge in [0.25, 0.3) is 0 Å². The lowest BCUT2D eigenvalue weighted by Gasteiger charge is -2.12. The maximum atomic E-state index is 14.2. The summed E-state index contributed by atoms with van der Waals surface area (Å²) < 4.78 is 24.5. The molecule has 2 aromatic rings. The fourth-order valence-electron chi connectivity index (χ4n) is 1.96. The molecule has 0 aliphatic rings. The molecule has 0 atom stereocenters. The van der Waals surface area contributed by atoms with E-state index in [1.807, 2.05) is 13.8 Å². The van der Waals surface area contributed by atoms with Gasteiger partial charge in [0.1, 0.15) is 0 Å². The minimum atomic E-state index is -1.31. The molecule has 2 aromatic carbocycles. The van der Waals surface area contributed by atoms with E-state index < -0.39 is 11.8 Å². The molecule has 1 N–H and O–H groups in total. The third kappa shape index (κ3) is 4.18. The van der Waals surface area contributed by atoms with Crippen LogP contribution in [-0.4, -0.2) is 31.4 Å². The smallest absolute Gasteiger partial charge is 0.338 e. The molecule has 2 rings (SSSR count). The van der Waals surface area contributed by atoms with Crippen molar-refractivity contribution in [3.63, 3.8) is 0 Å². The molecule has 22 heavy (non-hydrogen) atoms. The first-order chi connectivity index (χ1) is 10.6. The van der Waals surface area contributed by atoms with Crippen molar-refractivity contribution < 1.29 is 23.8 Å². The summed E-state index contributed by atoms with van der Waals surface area (Å²) in [6, 6.07) is 8.26. The summed E-state index contributed by atoms with van der Waals surface area (Å²) >= 11 is 0. The zero-order valence-electron chi connectivity index (χ0n) is 13.1. The molecule has 0 fully saturated rings. The van der Waals surface area contributed by atoms with Crippen LogP contribution in [0.4, 0.5) is 4.39 Å². The number of ether oxygens (including phenoxy) is 2. The maximum Gasteiger partial charge on any atom is 0.338 e. The van der Waals surface area contributed by atoms with Crippen molar-refractivity contribution in [1.82, 2.24) is 0 Å². The third-order valence-electron chi connectivity index (χ3n) is 2.91. The van der Waals surface area contributed by atoms with E-state index in [1.54, 1.807) is 31.4 Å². The molecule has 120 valence electrons. The Labute approximate surface area is 129 Å². The molecule has 0 saturated carbocycles. The normalized spacial score (nSPS) is 10.0. The van der Waals surface area contributed by atoms with E-state index in [0.717, 1.165) is 0 Å². The van der Waals surface area contributed by atoms with Crippen molar-refractivity contribution in [3.05, 3.63) is 41.7 Å². The van der Waals surface area contributed by atoms with Gasteiger partial charge >= 0.3 is 5.97 Å². The number of carboxylic acid groups (broad SMARTS) is 1. The minimum absolute atomic E-state index is 0.0170. The van der Waals surface area contributed by atoms with Crippen LogP contribution in [0.5, 0.6) is 5.75 Å². The van der Waals surface area contributed by atoms with Gasteiger partial charge in [-0.05, 0) is 11.5 Å². The van der Waals surface area contributed by atoms with Gasteiger partial charge in [-0.1, -0.05) is 38.1 Å². The van der Waals surface area contributed by atoms with Gasteiger partial charge in [-0.25, -0.2) is 9.18 Å². The van der Waals surface area contributed by atoms with E-state index in [2.05, 4.69) is 0 Å². The van der Waals surface area contributed by atoms with Crippen molar-refractivity contribution in [2.45, 2.75) is 20.3 Å². The summed E-state index contributed by atoms with van der Waals surface area (Å²) in [6.45, 7) is 4.76. The first-order valence-corrected chi connectivity index (χ1v) is 7.21. The molecule has 4 nitrogen and oxygen atoms in total. The summed E-state index contributed by atoms with van der Waals surface area (Å²) in [7, 11) is 1.57. The van der Waals surface area contributed by atoms with Crippen LogP contribution in [0.25, 0.3) is 10.8 Å². The Morgan fingerprint density at radius 3 is 2.55 bits per heavy atom. The van der Waals surface area contributed by atoms with Crippen LogP contribution in [-0.2, 0) is 4.74 Å². The Morgan fingerprint density at radius 1 is 1.23 bits per heavy atom. The van der Waals surface area contributed by atoms with Crippen LogP contribution in [0.1, 0.15) is 30.6 Å². The van der Waals surface area contributed by atoms with E-state index in [9.17, 15) is 9.18 Å². The highest BCUT2D eigenvalue weighted by Crippen LogP contribution is 2.31. The zero-order chi connectivity index (χ0) is 16.5. The average molecular weight is 308 g/mol. The van der Waals surface area contributed by atoms with Crippen molar-refractivity contribution >= 4 is 16.7 Å². The van der Waals surface area contributed by atoms with Crippen molar-refractivity contribution in [2.75, 3.05) is 20.3 Å². The van der Waals surface area contributed by atoms with E-state index in [-0.39, 0.29) is 17.9 Å². The van der Waals surface area contributed by atoms with E-state index >= 15 is 0 Å². The van der Waals surface area contributed by atoms with Crippen LogP contribution >= 0.6 is 0 Å². The lowest BCUT2D eigenvalue weighted by atomic mass is 10.0. The molecular weight excluding hydrogens is 287 g/mol. The number of carboxylic acids is 1. The largest absolute Gasteiger partial charge is 0.490 e. The Balaban J connectivity index is 0.00000116. The highest BCUT2D eigenvalue weighted by molar-refractivity contribution is 5.98. The predicted molar refractivity (Wildman–Crippen MR) is 84.2 cm³/mol. The Hall–Kier alpha value is -2.14. The first-order valence-electron chi connectivity index (χ1n) is 7.21. The summed E-state index contributed by atoms with van der Waals surface area (Å²) in [6.07, 6.45) is 0.599. The van der Waals surface area contributed by atoms with Gasteiger partial charge in [0, 0.05) is 25.5 Å². The lowest BCUT2D eigenvalue weighted by Crippen LogP contribution is -2.07. The van der Waals surface area contributed by atoms with Gasteiger partial charge in [-0.3, -0.25) is 0 Å². The van der Waals surface area contributed by atoms with Crippen LogP contribution in [0.15, 0.2) is 30.3 Å². The molecule has 0 unspecified atom stereocenters. The minimum Gasteiger partial charge on any atom is -0.490 e. The number of halogens is 1. The Morgan fingerprint density at radius 2 is 1.91 bits per heavy atom. The topological polar surface area (TPSA) is 55.8 Å². The van der Waals surface area contributed by atoms with E-state index in [4.69, 9.17) is 14.6 Å². The molecule has 0 saturated heterocycles. The zero-order valence-corrected chi connectivity index (χ0v) is 13.1. The molecule has 0 spiro atoms. The number of hydrogen-bond acceptors (Lipinski definition) is 3. The van der Waals surface area contributed by atoms with Crippen molar-refractivity contribution in [2.24, 2.45) is 0 Å². The van der Waals surface area contributed by atoms with Crippen LogP contribution in [0, 0.1) is 5.82 Å².